The van der Waals surface area contributed by atoms with Crippen molar-refractivity contribution in [1.29, 1.82) is 0 Å². The van der Waals surface area contributed by atoms with Gasteiger partial charge in [-0.2, -0.15) is 0 Å². The second kappa shape index (κ2) is 3.75. The maximum absolute atomic E-state index is 13.4. The highest BCUT2D eigenvalue weighted by Gasteiger charge is 2.89. The molecule has 7 aliphatic rings. The third-order valence-corrected chi connectivity index (χ3v) is 10.9. The van der Waals surface area contributed by atoms with E-state index >= 15 is 0 Å². The molecule has 0 amide bonds. The molecule has 7 rings (SSSR count). The Morgan fingerprint density at radius 2 is 1.67 bits per heavy atom. The third kappa shape index (κ3) is 0.982. The molecule has 0 radical (unpaired) electrons. The molecule has 0 aromatic heterocycles. The van der Waals surface area contributed by atoms with Gasteiger partial charge in [0.2, 0.25) is 0 Å². The number of methoxy groups -OCH3 is 1. The van der Waals surface area contributed by atoms with Crippen LogP contribution in [-0.4, -0.2) is 23.8 Å². The van der Waals surface area contributed by atoms with Crippen LogP contribution in [0.3, 0.4) is 0 Å². The zero-order valence-electron chi connectivity index (χ0n) is 14.5. The van der Waals surface area contributed by atoms with E-state index in [1.807, 2.05) is 0 Å². The number of hydrogen-bond acceptors (Lipinski definition) is 3. The lowest BCUT2D eigenvalue weighted by Crippen LogP contribution is -2.71. The maximum atomic E-state index is 13.4. The first-order valence-electron chi connectivity index (χ1n) is 10.5. The summed E-state index contributed by atoms with van der Waals surface area (Å²) in [5, 5.41) is 12.4. The fraction of sp³-hybridized carbons (Fsp3) is 0.952. The van der Waals surface area contributed by atoms with Gasteiger partial charge in [-0.05, 0) is 97.7 Å². The SMILES string of the molecule is COC(=O)[C@]12[C@H]3C[C@@H]([C@H]4CCC[C@@H]43)[C@H]3[C@@H]4C[C@H]1[C@H]1CC[C@H]([C@@H]41)[C@@]32O. The van der Waals surface area contributed by atoms with Crippen molar-refractivity contribution in [3.8, 4) is 0 Å². The van der Waals surface area contributed by atoms with E-state index in [2.05, 4.69) is 0 Å². The number of carbonyl (C=O) groups is 1. The van der Waals surface area contributed by atoms with Gasteiger partial charge in [-0.3, -0.25) is 4.79 Å². The van der Waals surface area contributed by atoms with Gasteiger partial charge in [-0.1, -0.05) is 6.42 Å². The average molecular weight is 328 g/mol. The molecule has 7 fully saturated rings. The molecule has 3 heteroatoms. The van der Waals surface area contributed by atoms with Crippen molar-refractivity contribution in [1.82, 2.24) is 0 Å². The highest BCUT2D eigenvalue weighted by molar-refractivity contribution is 5.81. The van der Waals surface area contributed by atoms with E-state index in [4.69, 9.17) is 4.74 Å². The van der Waals surface area contributed by atoms with Crippen LogP contribution >= 0.6 is 0 Å². The average Bonchev–Trinajstić information content (AvgIpc) is 3.30. The molecule has 0 unspecified atom stereocenters. The molecule has 12 atom stereocenters. The molecule has 0 aliphatic heterocycles. The van der Waals surface area contributed by atoms with E-state index in [0.29, 0.717) is 41.4 Å². The number of rotatable bonds is 1. The summed E-state index contributed by atoms with van der Waals surface area (Å²) >= 11 is 0. The minimum atomic E-state index is -0.719. The van der Waals surface area contributed by atoms with Gasteiger partial charge in [0.25, 0.3) is 0 Å². The van der Waals surface area contributed by atoms with E-state index < -0.39 is 11.0 Å². The fourth-order valence-corrected chi connectivity index (χ4v) is 11.1. The molecule has 3 nitrogen and oxygen atoms in total. The van der Waals surface area contributed by atoms with Crippen LogP contribution in [0.5, 0.6) is 0 Å². The summed E-state index contributed by atoms with van der Waals surface area (Å²) in [5.41, 5.74) is -1.26. The van der Waals surface area contributed by atoms with Gasteiger partial charge >= 0.3 is 5.97 Å². The third-order valence-electron chi connectivity index (χ3n) is 10.9. The Morgan fingerprint density at radius 1 is 0.917 bits per heavy atom. The quantitative estimate of drug-likeness (QED) is 0.753. The lowest BCUT2D eigenvalue weighted by atomic mass is 9.42. The van der Waals surface area contributed by atoms with Crippen molar-refractivity contribution < 1.29 is 14.6 Å². The lowest BCUT2D eigenvalue weighted by molar-refractivity contribution is -0.257. The standard InChI is InChI=1S/C21H28O3/c1-24-19(22)20-15-7-12(9-3-2-4-10(9)15)18-13-8-16(20)11-5-6-14(17(11)13)21(18,20)23/h9-18,23H,2-8H2,1H3/t9-,10-,11+,12-,13+,14+,15-,16-,17+,18-,20-,21+/m0/s1. The summed E-state index contributed by atoms with van der Waals surface area (Å²) in [5.74, 6) is 6.01. The molecule has 0 aromatic rings. The van der Waals surface area contributed by atoms with Gasteiger partial charge in [0.05, 0.1) is 12.7 Å². The molecule has 1 N–H and O–H groups in total. The Labute approximate surface area is 143 Å². The van der Waals surface area contributed by atoms with Gasteiger partial charge in [0.15, 0.2) is 0 Å². The van der Waals surface area contributed by atoms with Crippen LogP contribution in [0.25, 0.3) is 0 Å². The molecule has 24 heavy (non-hydrogen) atoms. The predicted molar refractivity (Wildman–Crippen MR) is 86.6 cm³/mol. The van der Waals surface area contributed by atoms with Gasteiger partial charge in [-0.15, -0.1) is 0 Å². The van der Waals surface area contributed by atoms with Crippen LogP contribution in [0.15, 0.2) is 0 Å². The Balaban J connectivity index is 1.55. The van der Waals surface area contributed by atoms with Gasteiger partial charge in [-0.25, -0.2) is 0 Å². The molecule has 7 saturated carbocycles. The van der Waals surface area contributed by atoms with Crippen molar-refractivity contribution in [2.45, 2.75) is 50.5 Å². The van der Waals surface area contributed by atoms with Crippen LogP contribution in [0.1, 0.15) is 44.9 Å². The monoisotopic (exact) mass is 328 g/mol. The zero-order valence-corrected chi connectivity index (χ0v) is 14.5. The Hall–Kier alpha value is -0.570. The number of ether oxygens (including phenoxy) is 1. The zero-order chi connectivity index (χ0) is 16.0. The Kier molecular flexibility index (Phi) is 2.12. The lowest BCUT2D eigenvalue weighted by Gasteiger charge is -2.63. The van der Waals surface area contributed by atoms with E-state index in [-0.39, 0.29) is 5.97 Å². The van der Waals surface area contributed by atoms with Crippen LogP contribution in [0, 0.1) is 64.6 Å². The van der Waals surface area contributed by atoms with E-state index in [9.17, 15) is 9.90 Å². The highest BCUT2D eigenvalue weighted by atomic mass is 16.5. The van der Waals surface area contributed by atoms with E-state index in [1.165, 1.54) is 44.9 Å². The maximum Gasteiger partial charge on any atom is 0.315 e. The molecule has 0 aromatic carbocycles. The topological polar surface area (TPSA) is 46.5 Å². The Morgan fingerprint density at radius 3 is 2.50 bits per heavy atom. The van der Waals surface area contributed by atoms with E-state index in [1.54, 1.807) is 7.11 Å². The van der Waals surface area contributed by atoms with Crippen molar-refractivity contribution in [3.05, 3.63) is 0 Å². The summed E-state index contributed by atoms with van der Waals surface area (Å²) in [6.45, 7) is 0. The molecular formula is C21H28O3. The molecule has 7 aliphatic carbocycles. The number of hydrogen-bond donors (Lipinski definition) is 1. The minimum absolute atomic E-state index is 0.0216. The van der Waals surface area contributed by atoms with Crippen LogP contribution in [-0.2, 0) is 9.53 Å². The molecule has 0 spiro atoms. The van der Waals surface area contributed by atoms with Gasteiger partial charge in [0, 0.05) is 0 Å². The second-order valence-corrected chi connectivity index (χ2v) is 10.4. The fourth-order valence-electron chi connectivity index (χ4n) is 11.1. The molecular weight excluding hydrogens is 300 g/mol. The van der Waals surface area contributed by atoms with Crippen LogP contribution < -0.4 is 0 Å². The van der Waals surface area contributed by atoms with E-state index in [0.717, 1.165) is 17.8 Å². The summed E-state index contributed by atoms with van der Waals surface area (Å²) < 4.78 is 5.50. The van der Waals surface area contributed by atoms with Crippen molar-refractivity contribution in [3.63, 3.8) is 0 Å². The van der Waals surface area contributed by atoms with Crippen molar-refractivity contribution >= 4 is 5.97 Å². The number of carbonyl (C=O) groups excluding carboxylic acids is 1. The highest BCUT2D eigenvalue weighted by Crippen LogP contribution is 2.86. The van der Waals surface area contributed by atoms with Gasteiger partial charge in [0.1, 0.15) is 5.41 Å². The summed E-state index contributed by atoms with van der Waals surface area (Å²) in [6, 6.07) is 0. The first-order chi connectivity index (χ1) is 11.7. The van der Waals surface area contributed by atoms with Crippen molar-refractivity contribution in [2.75, 3.05) is 7.11 Å². The number of fused-ring (bicyclic) bond motifs is 4. The predicted octanol–water partition coefficient (Wildman–Crippen LogP) is 2.86. The molecule has 0 heterocycles. The first-order valence-corrected chi connectivity index (χ1v) is 10.5. The van der Waals surface area contributed by atoms with Crippen LogP contribution in [0.4, 0.5) is 0 Å². The Bertz CT molecular complexity index is 659. The normalized spacial score (nSPS) is 69.4. The minimum Gasteiger partial charge on any atom is -0.468 e. The smallest absolute Gasteiger partial charge is 0.315 e. The summed E-state index contributed by atoms with van der Waals surface area (Å²) in [6.07, 6.45) is 8.86. The molecule has 7 bridgehead atoms. The summed E-state index contributed by atoms with van der Waals surface area (Å²) in [7, 11) is 1.57. The molecule has 0 saturated heterocycles. The summed E-state index contributed by atoms with van der Waals surface area (Å²) in [4.78, 5) is 13.4. The second-order valence-electron chi connectivity index (χ2n) is 10.4. The van der Waals surface area contributed by atoms with Crippen molar-refractivity contribution in [2.24, 2.45) is 64.6 Å². The first kappa shape index (κ1) is 13.6. The molecule has 130 valence electrons. The van der Waals surface area contributed by atoms with Gasteiger partial charge < -0.3 is 9.84 Å². The largest absolute Gasteiger partial charge is 0.468 e. The number of esters is 1. The number of aliphatic hydroxyl groups is 1. The van der Waals surface area contributed by atoms with Crippen LogP contribution in [0.2, 0.25) is 0 Å².